The first-order chi connectivity index (χ1) is 15.3. The number of benzene rings is 2. The van der Waals surface area contributed by atoms with E-state index < -0.39 is 10.0 Å². The Morgan fingerprint density at radius 3 is 1.82 bits per heavy atom. The summed E-state index contributed by atoms with van der Waals surface area (Å²) < 4.78 is 27.4. The molecule has 0 bridgehead atoms. The lowest BCUT2D eigenvalue weighted by Crippen LogP contribution is -2.64. The monoisotopic (exact) mass is 531 g/mol. The van der Waals surface area contributed by atoms with Gasteiger partial charge < -0.3 is 5.32 Å². The fourth-order valence-electron chi connectivity index (χ4n) is 5.07. The number of hydrogen-bond acceptors (Lipinski definition) is 4. The second kappa shape index (κ2) is 11.7. The Morgan fingerprint density at radius 2 is 1.33 bits per heavy atom. The molecule has 2 fully saturated rings. The van der Waals surface area contributed by atoms with Crippen LogP contribution in [-0.4, -0.2) is 68.2 Å². The van der Waals surface area contributed by atoms with Gasteiger partial charge in [-0.2, -0.15) is 4.31 Å². The Hall–Kier alpha value is -0.860. The zero-order chi connectivity index (χ0) is 22.7. The van der Waals surface area contributed by atoms with Crippen LogP contribution in [0.5, 0.6) is 0 Å². The van der Waals surface area contributed by atoms with Crippen molar-refractivity contribution in [1.29, 1.82) is 0 Å². The van der Waals surface area contributed by atoms with Crippen LogP contribution in [0.4, 0.5) is 0 Å². The van der Waals surface area contributed by atoms with Crippen LogP contribution in [0.25, 0.3) is 0 Å². The average molecular weight is 533 g/mol. The molecule has 2 heterocycles. The van der Waals surface area contributed by atoms with Crippen LogP contribution in [-0.2, 0) is 22.9 Å². The molecule has 0 amide bonds. The summed E-state index contributed by atoms with van der Waals surface area (Å²) in [5, 5.41) is 4.86. The maximum Gasteiger partial charge on any atom is 0.211 e. The third-order valence-electron chi connectivity index (χ3n) is 6.66. The van der Waals surface area contributed by atoms with Gasteiger partial charge in [0, 0.05) is 41.3 Å². The Kier molecular flexibility index (Phi) is 9.49. The molecule has 0 saturated carbocycles. The van der Waals surface area contributed by atoms with Crippen molar-refractivity contribution in [3.05, 3.63) is 69.7 Å². The minimum Gasteiger partial charge on any atom is -0.317 e. The number of nitrogens with zero attached hydrogens (tertiary/aromatic N) is 2. The van der Waals surface area contributed by atoms with Gasteiger partial charge >= 0.3 is 0 Å². The van der Waals surface area contributed by atoms with E-state index in [0.717, 1.165) is 44.5 Å². The van der Waals surface area contributed by atoms with Crippen LogP contribution in [0.15, 0.2) is 48.5 Å². The van der Waals surface area contributed by atoms with E-state index in [1.54, 1.807) is 4.31 Å². The molecule has 0 unspecified atom stereocenters. The van der Waals surface area contributed by atoms with Gasteiger partial charge in [0.25, 0.3) is 0 Å². The van der Waals surface area contributed by atoms with E-state index in [2.05, 4.69) is 10.2 Å². The Labute approximate surface area is 213 Å². The lowest BCUT2D eigenvalue weighted by atomic mass is 9.93. The van der Waals surface area contributed by atoms with Crippen LogP contribution in [0, 0.1) is 0 Å². The molecule has 4 rings (SSSR count). The number of hydrogen-bond donors (Lipinski definition) is 1. The maximum atomic E-state index is 12.8. The molecule has 0 aromatic heterocycles. The van der Waals surface area contributed by atoms with Gasteiger partial charge in [0.1, 0.15) is 0 Å². The molecule has 2 saturated heterocycles. The van der Waals surface area contributed by atoms with Crippen molar-refractivity contribution >= 4 is 45.6 Å². The molecule has 0 spiro atoms. The van der Waals surface area contributed by atoms with E-state index in [9.17, 15) is 8.42 Å². The summed E-state index contributed by atoms with van der Waals surface area (Å²) in [5.41, 5.74) is 2.29. The third-order valence-corrected chi connectivity index (χ3v) is 8.46. The van der Waals surface area contributed by atoms with Crippen LogP contribution in [0.1, 0.15) is 24.0 Å². The number of halogens is 3. The predicted octanol–water partition coefficient (Wildman–Crippen LogP) is 4.27. The van der Waals surface area contributed by atoms with Crippen molar-refractivity contribution in [2.45, 2.75) is 43.8 Å². The van der Waals surface area contributed by atoms with Gasteiger partial charge in [-0.05, 0) is 74.2 Å². The van der Waals surface area contributed by atoms with Crippen molar-refractivity contribution in [2.24, 2.45) is 0 Å². The average Bonchev–Trinajstić information content (AvgIpc) is 2.77. The normalized spacial score (nSPS) is 23.2. The Bertz CT molecular complexity index is 997. The molecule has 2 aromatic rings. The highest BCUT2D eigenvalue weighted by Gasteiger charge is 2.41. The van der Waals surface area contributed by atoms with Gasteiger partial charge in [0.2, 0.25) is 10.0 Å². The second-order valence-electron chi connectivity index (χ2n) is 8.98. The van der Waals surface area contributed by atoms with Gasteiger partial charge in [0.05, 0.1) is 6.26 Å². The van der Waals surface area contributed by atoms with Crippen LogP contribution in [0.2, 0.25) is 10.0 Å². The summed E-state index contributed by atoms with van der Waals surface area (Å²) >= 11 is 12.1. The van der Waals surface area contributed by atoms with Gasteiger partial charge in [0.15, 0.2) is 0 Å². The van der Waals surface area contributed by atoms with E-state index in [0.29, 0.717) is 29.1 Å². The first-order valence-electron chi connectivity index (χ1n) is 11.2. The molecular formula is C24H32Cl3N3O2S. The minimum atomic E-state index is -3.34. The van der Waals surface area contributed by atoms with Crippen molar-refractivity contribution in [3.8, 4) is 0 Å². The molecule has 2 aromatic carbocycles. The van der Waals surface area contributed by atoms with Crippen molar-refractivity contribution in [3.63, 3.8) is 0 Å². The highest BCUT2D eigenvalue weighted by atomic mass is 35.5. The smallest absolute Gasteiger partial charge is 0.211 e. The quantitative estimate of drug-likeness (QED) is 0.604. The molecule has 2 aliphatic heterocycles. The van der Waals surface area contributed by atoms with Gasteiger partial charge in [-0.25, -0.2) is 8.42 Å². The summed E-state index contributed by atoms with van der Waals surface area (Å²) in [6.07, 6.45) is 4.99. The van der Waals surface area contributed by atoms with Gasteiger partial charge in [-0.3, -0.25) is 4.90 Å². The number of piperidine rings is 1. The summed E-state index contributed by atoms with van der Waals surface area (Å²) in [4.78, 5) is 2.58. The van der Waals surface area contributed by atoms with Crippen molar-refractivity contribution in [1.82, 2.24) is 14.5 Å². The number of piperazine rings is 1. The molecule has 33 heavy (non-hydrogen) atoms. The largest absolute Gasteiger partial charge is 0.317 e. The first kappa shape index (κ1) is 26.7. The molecule has 0 aliphatic carbocycles. The highest BCUT2D eigenvalue weighted by Crippen LogP contribution is 2.28. The predicted molar refractivity (Wildman–Crippen MR) is 139 cm³/mol. The molecule has 2 atom stereocenters. The maximum absolute atomic E-state index is 12.8. The van der Waals surface area contributed by atoms with E-state index in [1.165, 1.54) is 11.8 Å². The number of sulfonamides is 1. The molecular weight excluding hydrogens is 501 g/mol. The number of nitrogens with one attached hydrogen (secondary N) is 1. The van der Waals surface area contributed by atoms with Gasteiger partial charge in [-0.15, -0.1) is 12.4 Å². The molecule has 9 heteroatoms. The SMILES string of the molecule is CS(=O)(=O)N1C[C@H](Cc2ccc(Cl)cc2)N(C2CCNCC2)C[C@@H]1Cc1ccc(Cl)cc1.Cl. The molecule has 182 valence electrons. The van der Waals surface area contributed by atoms with Crippen LogP contribution >= 0.6 is 35.6 Å². The lowest BCUT2D eigenvalue weighted by molar-refractivity contribution is 0.0291. The van der Waals surface area contributed by atoms with E-state index >= 15 is 0 Å². The Balaban J connectivity index is 0.00000306. The Morgan fingerprint density at radius 1 is 0.848 bits per heavy atom. The number of rotatable bonds is 6. The van der Waals surface area contributed by atoms with E-state index in [4.69, 9.17) is 23.2 Å². The zero-order valence-corrected chi connectivity index (χ0v) is 21.9. The van der Waals surface area contributed by atoms with E-state index in [-0.39, 0.29) is 24.5 Å². The summed E-state index contributed by atoms with van der Waals surface area (Å²) in [5.74, 6) is 0. The van der Waals surface area contributed by atoms with E-state index in [1.807, 2.05) is 48.5 Å². The molecule has 2 aliphatic rings. The fraction of sp³-hybridized carbons (Fsp3) is 0.500. The van der Waals surface area contributed by atoms with Crippen LogP contribution in [0.3, 0.4) is 0 Å². The molecule has 0 radical (unpaired) electrons. The second-order valence-corrected chi connectivity index (χ2v) is 11.8. The topological polar surface area (TPSA) is 52.7 Å². The van der Waals surface area contributed by atoms with Crippen molar-refractivity contribution in [2.75, 3.05) is 32.4 Å². The summed E-state index contributed by atoms with van der Waals surface area (Å²) in [6.45, 7) is 3.25. The van der Waals surface area contributed by atoms with Gasteiger partial charge in [-0.1, -0.05) is 47.5 Å². The lowest BCUT2D eigenvalue weighted by Gasteiger charge is -2.49. The standard InChI is InChI=1S/C24H31Cl2N3O2S.ClH/c1-32(30,31)29-17-23(14-18-2-6-20(25)7-3-18)28(22-10-12-27-13-11-22)16-24(29)15-19-4-8-21(26)9-5-19;/h2-9,22-24,27H,10-17H2,1H3;1H/t23-,24-;/m0./s1. The summed E-state index contributed by atoms with van der Waals surface area (Å²) in [6, 6.07) is 16.2. The third kappa shape index (κ3) is 7.07. The first-order valence-corrected chi connectivity index (χ1v) is 13.8. The zero-order valence-electron chi connectivity index (χ0n) is 18.8. The fourth-order valence-corrected chi connectivity index (χ4v) is 6.45. The summed E-state index contributed by atoms with van der Waals surface area (Å²) in [7, 11) is -3.34. The minimum absolute atomic E-state index is 0. The van der Waals surface area contributed by atoms with Crippen LogP contribution < -0.4 is 5.32 Å². The molecule has 5 nitrogen and oxygen atoms in total. The molecule has 1 N–H and O–H groups in total. The van der Waals surface area contributed by atoms with Crippen molar-refractivity contribution < 1.29 is 8.42 Å². The highest BCUT2D eigenvalue weighted by molar-refractivity contribution is 7.88.